The van der Waals surface area contributed by atoms with Crippen LogP contribution < -0.4 is 10.2 Å². The number of anilines is 3. The van der Waals surface area contributed by atoms with Crippen molar-refractivity contribution in [2.45, 2.75) is 6.92 Å². The Labute approximate surface area is 133 Å². The number of hydrogen-bond acceptors (Lipinski definition) is 5. The number of nitrogens with zero attached hydrogens (tertiary/aromatic N) is 3. The maximum absolute atomic E-state index is 11.9. The van der Waals surface area contributed by atoms with E-state index in [1.165, 1.54) is 6.26 Å². The second-order valence-electron chi connectivity index (χ2n) is 4.79. The van der Waals surface area contributed by atoms with Crippen LogP contribution in [-0.2, 0) is 0 Å². The van der Waals surface area contributed by atoms with Crippen LogP contribution in [0.3, 0.4) is 0 Å². The van der Waals surface area contributed by atoms with Crippen LogP contribution in [0.4, 0.5) is 17.3 Å². The molecule has 0 saturated heterocycles. The maximum Gasteiger partial charge on any atom is 0.292 e. The van der Waals surface area contributed by atoms with Gasteiger partial charge in [-0.25, -0.2) is 0 Å². The standard InChI is InChI=1S/C17H16N4O2/c1-2-21(13-7-4-3-5-8-13)16-11-10-15(19-20-16)18-17(22)14-9-6-12-23-14/h3-12H,2H2,1H3,(H,18,19,22). The molecule has 3 rings (SSSR count). The quantitative estimate of drug-likeness (QED) is 0.781. The van der Waals surface area contributed by atoms with E-state index in [2.05, 4.69) is 15.5 Å². The van der Waals surface area contributed by atoms with E-state index in [-0.39, 0.29) is 11.7 Å². The van der Waals surface area contributed by atoms with Gasteiger partial charge in [0, 0.05) is 12.2 Å². The van der Waals surface area contributed by atoms with Crippen molar-refractivity contribution in [2.24, 2.45) is 0 Å². The van der Waals surface area contributed by atoms with Gasteiger partial charge in [-0.05, 0) is 43.3 Å². The lowest BCUT2D eigenvalue weighted by molar-refractivity contribution is 0.0996. The van der Waals surface area contributed by atoms with Crippen molar-refractivity contribution in [1.29, 1.82) is 0 Å². The monoisotopic (exact) mass is 308 g/mol. The van der Waals surface area contributed by atoms with E-state index in [0.717, 1.165) is 18.1 Å². The Morgan fingerprint density at radius 3 is 2.52 bits per heavy atom. The number of para-hydroxylation sites is 1. The number of furan rings is 1. The maximum atomic E-state index is 11.9. The van der Waals surface area contributed by atoms with Gasteiger partial charge in [-0.15, -0.1) is 10.2 Å². The van der Waals surface area contributed by atoms with Gasteiger partial charge in [0.1, 0.15) is 0 Å². The molecular weight excluding hydrogens is 292 g/mol. The Balaban J connectivity index is 1.75. The van der Waals surface area contributed by atoms with Gasteiger partial charge < -0.3 is 14.6 Å². The predicted molar refractivity (Wildman–Crippen MR) is 87.8 cm³/mol. The minimum Gasteiger partial charge on any atom is -0.459 e. The molecule has 1 aromatic carbocycles. The van der Waals surface area contributed by atoms with Gasteiger partial charge in [-0.3, -0.25) is 4.79 Å². The Bertz CT molecular complexity index is 755. The average molecular weight is 308 g/mol. The zero-order valence-corrected chi connectivity index (χ0v) is 12.6. The molecule has 0 unspecified atom stereocenters. The van der Waals surface area contributed by atoms with E-state index >= 15 is 0 Å². The van der Waals surface area contributed by atoms with Crippen LogP contribution in [0.1, 0.15) is 17.5 Å². The number of hydrogen-bond donors (Lipinski definition) is 1. The van der Waals surface area contributed by atoms with E-state index in [1.54, 1.807) is 18.2 Å². The van der Waals surface area contributed by atoms with Gasteiger partial charge >= 0.3 is 0 Å². The third-order valence-electron chi connectivity index (χ3n) is 3.30. The molecule has 2 heterocycles. The van der Waals surface area contributed by atoms with Crippen LogP contribution in [0.25, 0.3) is 0 Å². The van der Waals surface area contributed by atoms with Crippen molar-refractivity contribution in [3.05, 3.63) is 66.6 Å². The summed E-state index contributed by atoms with van der Waals surface area (Å²) in [5, 5.41) is 10.9. The first kappa shape index (κ1) is 14.8. The molecule has 0 saturated carbocycles. The van der Waals surface area contributed by atoms with Crippen LogP contribution in [0, 0.1) is 0 Å². The molecule has 0 aliphatic heterocycles. The zero-order valence-electron chi connectivity index (χ0n) is 12.6. The topological polar surface area (TPSA) is 71.3 Å². The highest BCUT2D eigenvalue weighted by molar-refractivity contribution is 6.01. The molecule has 23 heavy (non-hydrogen) atoms. The van der Waals surface area contributed by atoms with Crippen LogP contribution in [0.5, 0.6) is 0 Å². The molecule has 0 spiro atoms. The third-order valence-corrected chi connectivity index (χ3v) is 3.30. The lowest BCUT2D eigenvalue weighted by Crippen LogP contribution is -2.18. The molecule has 0 fully saturated rings. The highest BCUT2D eigenvalue weighted by Crippen LogP contribution is 2.22. The summed E-state index contributed by atoms with van der Waals surface area (Å²) in [6, 6.07) is 16.7. The van der Waals surface area contributed by atoms with Gasteiger partial charge in [-0.1, -0.05) is 18.2 Å². The number of carbonyl (C=O) groups excluding carboxylic acids is 1. The fourth-order valence-corrected chi connectivity index (χ4v) is 2.21. The number of aromatic nitrogens is 2. The average Bonchev–Trinajstić information content (AvgIpc) is 3.13. The van der Waals surface area contributed by atoms with Crippen molar-refractivity contribution in [3.8, 4) is 0 Å². The molecule has 6 nitrogen and oxygen atoms in total. The predicted octanol–water partition coefficient (Wildman–Crippen LogP) is 3.48. The molecule has 0 bridgehead atoms. The Morgan fingerprint density at radius 1 is 1.09 bits per heavy atom. The molecule has 0 aliphatic rings. The highest BCUT2D eigenvalue weighted by atomic mass is 16.3. The molecule has 116 valence electrons. The molecule has 6 heteroatoms. The molecule has 3 aromatic rings. The van der Waals surface area contributed by atoms with Crippen LogP contribution in [-0.4, -0.2) is 22.6 Å². The first-order valence-corrected chi connectivity index (χ1v) is 7.29. The third kappa shape index (κ3) is 3.37. The number of amides is 1. The van der Waals surface area contributed by atoms with Gasteiger partial charge in [0.05, 0.1) is 6.26 Å². The summed E-state index contributed by atoms with van der Waals surface area (Å²) in [5.74, 6) is 0.969. The normalized spacial score (nSPS) is 10.3. The SMILES string of the molecule is CCN(c1ccccc1)c1ccc(NC(=O)c2ccco2)nn1. The van der Waals surface area contributed by atoms with Crippen molar-refractivity contribution < 1.29 is 9.21 Å². The smallest absolute Gasteiger partial charge is 0.292 e. The minimum absolute atomic E-state index is 0.232. The molecule has 0 aliphatic carbocycles. The highest BCUT2D eigenvalue weighted by Gasteiger charge is 2.12. The number of carbonyl (C=O) groups is 1. The Kier molecular flexibility index (Phi) is 4.33. The summed E-state index contributed by atoms with van der Waals surface area (Å²) < 4.78 is 5.04. The number of nitrogens with one attached hydrogen (secondary N) is 1. The molecule has 1 amide bonds. The van der Waals surface area contributed by atoms with Crippen molar-refractivity contribution in [1.82, 2.24) is 10.2 Å². The zero-order chi connectivity index (χ0) is 16.1. The van der Waals surface area contributed by atoms with Crippen molar-refractivity contribution in [2.75, 3.05) is 16.8 Å². The lowest BCUT2D eigenvalue weighted by Gasteiger charge is -2.21. The fourth-order valence-electron chi connectivity index (χ4n) is 2.21. The number of rotatable bonds is 5. The van der Waals surface area contributed by atoms with Crippen LogP contribution in [0.2, 0.25) is 0 Å². The summed E-state index contributed by atoms with van der Waals surface area (Å²) in [5.41, 5.74) is 1.04. The first-order valence-electron chi connectivity index (χ1n) is 7.29. The molecule has 0 atom stereocenters. The second-order valence-corrected chi connectivity index (χ2v) is 4.79. The summed E-state index contributed by atoms with van der Waals surface area (Å²) in [7, 11) is 0. The molecule has 0 radical (unpaired) electrons. The van der Waals surface area contributed by atoms with Gasteiger partial charge in [0.25, 0.3) is 5.91 Å². The van der Waals surface area contributed by atoms with E-state index in [4.69, 9.17) is 4.42 Å². The van der Waals surface area contributed by atoms with Gasteiger partial charge in [-0.2, -0.15) is 0 Å². The van der Waals surface area contributed by atoms with Crippen LogP contribution >= 0.6 is 0 Å². The lowest BCUT2D eigenvalue weighted by atomic mass is 10.3. The van der Waals surface area contributed by atoms with Crippen LogP contribution in [0.15, 0.2) is 65.3 Å². The second kappa shape index (κ2) is 6.74. The van der Waals surface area contributed by atoms with E-state index in [9.17, 15) is 4.79 Å². The number of benzene rings is 1. The first-order chi connectivity index (χ1) is 11.3. The summed E-state index contributed by atoms with van der Waals surface area (Å²) >= 11 is 0. The van der Waals surface area contributed by atoms with E-state index < -0.39 is 0 Å². The fraction of sp³-hybridized carbons (Fsp3) is 0.118. The van der Waals surface area contributed by atoms with Gasteiger partial charge in [0.2, 0.25) is 0 Å². The Morgan fingerprint density at radius 2 is 1.91 bits per heavy atom. The van der Waals surface area contributed by atoms with Gasteiger partial charge in [0.15, 0.2) is 17.4 Å². The largest absolute Gasteiger partial charge is 0.459 e. The Hall–Kier alpha value is -3.15. The molecule has 1 N–H and O–H groups in total. The van der Waals surface area contributed by atoms with Crippen molar-refractivity contribution in [3.63, 3.8) is 0 Å². The van der Waals surface area contributed by atoms with E-state index in [1.807, 2.05) is 48.2 Å². The minimum atomic E-state index is -0.354. The summed E-state index contributed by atoms with van der Waals surface area (Å²) in [6.45, 7) is 2.80. The molecular formula is C17H16N4O2. The summed E-state index contributed by atoms with van der Waals surface area (Å²) in [6.07, 6.45) is 1.45. The summed E-state index contributed by atoms with van der Waals surface area (Å²) in [4.78, 5) is 13.9. The molecule has 2 aromatic heterocycles. The van der Waals surface area contributed by atoms with E-state index in [0.29, 0.717) is 5.82 Å². The van der Waals surface area contributed by atoms with Crippen molar-refractivity contribution >= 4 is 23.2 Å².